The minimum Gasteiger partial charge on any atom is -0.394 e. The second kappa shape index (κ2) is 5.53. The van der Waals surface area contributed by atoms with Gasteiger partial charge in [-0.2, -0.15) is 0 Å². The van der Waals surface area contributed by atoms with Crippen LogP contribution in [0.4, 0.5) is 0 Å². The van der Waals surface area contributed by atoms with Crippen LogP contribution < -0.4 is 11.2 Å². The van der Waals surface area contributed by atoms with Crippen LogP contribution in [0.25, 0.3) is 0 Å². The van der Waals surface area contributed by atoms with Gasteiger partial charge >= 0.3 is 0 Å². The van der Waals surface area contributed by atoms with E-state index in [1.54, 1.807) is 0 Å². The van der Waals surface area contributed by atoms with Gasteiger partial charge < -0.3 is 25.4 Å². The summed E-state index contributed by atoms with van der Waals surface area (Å²) in [5.41, 5.74) is 0. The van der Waals surface area contributed by atoms with Gasteiger partial charge in [-0.05, 0) is 0 Å². The van der Waals surface area contributed by atoms with E-state index >= 15 is 0 Å². The quantitative estimate of drug-likeness (QED) is 0.326. The molecule has 1 saturated heterocycles. The van der Waals surface area contributed by atoms with Gasteiger partial charge in [0.1, 0.15) is 24.4 Å². The Morgan fingerprint density at radius 3 is 2.56 bits per heavy atom. The maximum absolute atomic E-state index is 10.9. The highest BCUT2D eigenvalue weighted by molar-refractivity contribution is 5.73. The standard InChI is InChI=1S/C8H16N2O6/c1-3(12)10-5-7(14)6(13)4(2-11)15-8(5)16-9/h4-8,11,13-14H,2,9H2,1H3,(H,10,12)/t4-,5-,6+,7-,8+/m1/s1. The zero-order chi connectivity index (χ0) is 12.3. The van der Waals surface area contributed by atoms with E-state index in [9.17, 15) is 15.0 Å². The summed E-state index contributed by atoms with van der Waals surface area (Å²) in [6.45, 7) is 0.746. The van der Waals surface area contributed by atoms with Crippen LogP contribution in [0.3, 0.4) is 0 Å². The Bertz CT molecular complexity index is 249. The largest absolute Gasteiger partial charge is 0.394 e. The highest BCUT2D eigenvalue weighted by atomic mass is 16.8. The molecule has 0 aromatic carbocycles. The molecule has 5 atom stereocenters. The van der Waals surface area contributed by atoms with Crippen molar-refractivity contribution in [2.24, 2.45) is 5.90 Å². The van der Waals surface area contributed by atoms with Gasteiger partial charge in [-0.1, -0.05) is 0 Å². The Morgan fingerprint density at radius 2 is 2.12 bits per heavy atom. The number of carbonyl (C=O) groups excluding carboxylic acids is 1. The first-order chi connectivity index (χ1) is 7.51. The molecule has 1 heterocycles. The summed E-state index contributed by atoms with van der Waals surface area (Å²) in [6.07, 6.45) is -4.79. The van der Waals surface area contributed by atoms with Gasteiger partial charge in [0.05, 0.1) is 6.61 Å². The van der Waals surface area contributed by atoms with E-state index in [4.69, 9.17) is 15.7 Å². The highest BCUT2D eigenvalue weighted by Gasteiger charge is 2.45. The molecule has 0 saturated carbocycles. The third kappa shape index (κ3) is 2.67. The molecule has 0 aliphatic carbocycles. The molecular formula is C8H16N2O6. The van der Waals surface area contributed by atoms with E-state index in [1.165, 1.54) is 6.92 Å². The number of nitrogens with two attached hydrogens (primary N) is 1. The van der Waals surface area contributed by atoms with Crippen LogP contribution in [-0.2, 0) is 14.4 Å². The highest BCUT2D eigenvalue weighted by Crippen LogP contribution is 2.20. The molecule has 94 valence electrons. The number of ether oxygens (including phenoxy) is 1. The smallest absolute Gasteiger partial charge is 0.217 e. The van der Waals surface area contributed by atoms with Crippen LogP contribution in [0.15, 0.2) is 0 Å². The summed E-state index contributed by atoms with van der Waals surface area (Å²) in [5.74, 6) is 4.52. The second-order valence-electron chi connectivity index (χ2n) is 3.57. The third-order valence-corrected chi connectivity index (χ3v) is 2.38. The Kier molecular flexibility index (Phi) is 4.59. The number of nitrogens with one attached hydrogen (secondary N) is 1. The summed E-state index contributed by atoms with van der Waals surface area (Å²) < 4.78 is 5.06. The van der Waals surface area contributed by atoms with Crippen molar-refractivity contribution in [1.82, 2.24) is 5.32 Å². The van der Waals surface area contributed by atoms with Crippen molar-refractivity contribution in [3.8, 4) is 0 Å². The number of amides is 1. The average Bonchev–Trinajstić information content (AvgIpc) is 2.25. The van der Waals surface area contributed by atoms with Crippen molar-refractivity contribution in [2.45, 2.75) is 37.6 Å². The molecule has 0 radical (unpaired) electrons. The number of aliphatic hydroxyl groups is 3. The van der Waals surface area contributed by atoms with Crippen LogP contribution in [-0.4, -0.2) is 58.5 Å². The van der Waals surface area contributed by atoms with Gasteiger partial charge in [0, 0.05) is 6.92 Å². The third-order valence-electron chi connectivity index (χ3n) is 2.38. The van der Waals surface area contributed by atoms with E-state index in [0.29, 0.717) is 0 Å². The molecular weight excluding hydrogens is 220 g/mol. The van der Waals surface area contributed by atoms with Crippen molar-refractivity contribution in [3.05, 3.63) is 0 Å². The van der Waals surface area contributed by atoms with Crippen LogP contribution in [0.5, 0.6) is 0 Å². The number of rotatable bonds is 3. The van der Waals surface area contributed by atoms with Gasteiger partial charge in [-0.25, -0.2) is 5.90 Å². The zero-order valence-electron chi connectivity index (χ0n) is 8.74. The summed E-state index contributed by atoms with van der Waals surface area (Å²) in [6, 6.07) is -0.986. The molecule has 0 bridgehead atoms. The maximum Gasteiger partial charge on any atom is 0.217 e. The molecule has 0 spiro atoms. The summed E-state index contributed by atoms with van der Waals surface area (Å²) in [4.78, 5) is 15.3. The fourth-order valence-electron chi connectivity index (χ4n) is 1.59. The molecule has 0 aromatic heterocycles. The van der Waals surface area contributed by atoms with Gasteiger partial charge in [0.15, 0.2) is 6.29 Å². The van der Waals surface area contributed by atoms with Gasteiger partial charge in [-0.3, -0.25) is 9.63 Å². The molecule has 0 unspecified atom stereocenters. The van der Waals surface area contributed by atoms with Crippen molar-refractivity contribution in [3.63, 3.8) is 0 Å². The van der Waals surface area contributed by atoms with Crippen LogP contribution in [0.2, 0.25) is 0 Å². The fraction of sp³-hybridized carbons (Fsp3) is 0.875. The van der Waals surface area contributed by atoms with Gasteiger partial charge in [0.2, 0.25) is 5.91 Å². The maximum atomic E-state index is 10.9. The Morgan fingerprint density at radius 1 is 1.50 bits per heavy atom. The number of hydrogen-bond acceptors (Lipinski definition) is 7. The van der Waals surface area contributed by atoms with Gasteiger partial charge in [-0.15, -0.1) is 0 Å². The van der Waals surface area contributed by atoms with E-state index in [2.05, 4.69) is 10.2 Å². The van der Waals surface area contributed by atoms with E-state index in [0.717, 1.165) is 0 Å². The van der Waals surface area contributed by atoms with E-state index < -0.39 is 43.2 Å². The number of aliphatic hydroxyl groups excluding tert-OH is 3. The summed E-state index contributed by atoms with van der Waals surface area (Å²) >= 11 is 0. The molecule has 8 heteroatoms. The predicted molar refractivity (Wildman–Crippen MR) is 50.6 cm³/mol. The van der Waals surface area contributed by atoms with Crippen molar-refractivity contribution in [1.29, 1.82) is 0 Å². The number of carbonyl (C=O) groups is 1. The normalized spacial score (nSPS) is 39.4. The minimum absolute atomic E-state index is 0.427. The Hall–Kier alpha value is -0.770. The molecule has 8 nitrogen and oxygen atoms in total. The van der Waals surface area contributed by atoms with Crippen LogP contribution in [0.1, 0.15) is 6.92 Å². The van der Waals surface area contributed by atoms with Crippen LogP contribution >= 0.6 is 0 Å². The van der Waals surface area contributed by atoms with E-state index in [1.807, 2.05) is 0 Å². The van der Waals surface area contributed by atoms with Crippen molar-refractivity contribution >= 4 is 5.91 Å². The first-order valence-electron chi connectivity index (χ1n) is 4.76. The fourth-order valence-corrected chi connectivity index (χ4v) is 1.59. The lowest BCUT2D eigenvalue weighted by Gasteiger charge is -2.41. The van der Waals surface area contributed by atoms with Gasteiger partial charge in [0.25, 0.3) is 0 Å². The monoisotopic (exact) mass is 236 g/mol. The van der Waals surface area contributed by atoms with Crippen molar-refractivity contribution < 1.29 is 29.7 Å². The van der Waals surface area contributed by atoms with E-state index in [-0.39, 0.29) is 0 Å². The Labute approximate surface area is 91.9 Å². The first-order valence-corrected chi connectivity index (χ1v) is 4.76. The molecule has 1 amide bonds. The molecule has 1 fully saturated rings. The lowest BCUT2D eigenvalue weighted by Crippen LogP contribution is -2.65. The first kappa shape index (κ1) is 13.3. The summed E-state index contributed by atoms with van der Waals surface area (Å²) in [7, 11) is 0. The molecule has 0 aromatic rings. The average molecular weight is 236 g/mol. The van der Waals surface area contributed by atoms with Crippen molar-refractivity contribution in [2.75, 3.05) is 6.61 Å². The molecule has 1 rings (SSSR count). The Balaban J connectivity index is 2.77. The summed E-state index contributed by atoms with van der Waals surface area (Å²) in [5, 5.41) is 30.5. The minimum atomic E-state index is -1.33. The molecule has 1 aliphatic heterocycles. The SMILES string of the molecule is CC(=O)N[C@H]1[C@H](ON)O[C@H](CO)[C@H](O)[C@@H]1O. The molecule has 16 heavy (non-hydrogen) atoms. The lowest BCUT2D eigenvalue weighted by molar-refractivity contribution is -0.271. The second-order valence-corrected chi connectivity index (χ2v) is 3.57. The molecule has 1 aliphatic rings. The lowest BCUT2D eigenvalue weighted by atomic mass is 9.97. The molecule has 6 N–H and O–H groups in total. The topological polar surface area (TPSA) is 134 Å². The number of hydrogen-bond donors (Lipinski definition) is 5. The van der Waals surface area contributed by atoms with Crippen LogP contribution in [0, 0.1) is 0 Å². The predicted octanol–water partition coefficient (Wildman–Crippen LogP) is -3.18. The zero-order valence-corrected chi connectivity index (χ0v) is 8.74.